The molecule has 1 aliphatic carbocycles. The van der Waals surface area contributed by atoms with Crippen LogP contribution in [-0.2, 0) is 17.6 Å². The summed E-state index contributed by atoms with van der Waals surface area (Å²) in [6, 6.07) is 5.94. The lowest BCUT2D eigenvalue weighted by atomic mass is 9.72. The summed E-state index contributed by atoms with van der Waals surface area (Å²) >= 11 is 7.71. The molecule has 0 spiro atoms. The van der Waals surface area contributed by atoms with Crippen molar-refractivity contribution in [2.24, 2.45) is 11.3 Å². The Morgan fingerprint density at radius 1 is 1.34 bits per heavy atom. The lowest BCUT2D eigenvalue weighted by Gasteiger charge is -2.33. The fraction of sp³-hybridized carbons (Fsp3) is 0.478. The number of ether oxygens (including phenoxy) is 1. The number of carbonyl (C=O) groups is 1. The van der Waals surface area contributed by atoms with Gasteiger partial charge in [-0.3, -0.25) is 4.79 Å². The Hall–Kier alpha value is -2.03. The van der Waals surface area contributed by atoms with Gasteiger partial charge in [0.1, 0.15) is 16.8 Å². The molecule has 1 atom stereocenters. The highest BCUT2D eigenvalue weighted by atomic mass is 35.5. The fourth-order valence-corrected chi connectivity index (χ4v) is 5.24. The van der Waals surface area contributed by atoms with Gasteiger partial charge in [-0.15, -0.1) is 11.3 Å². The van der Waals surface area contributed by atoms with E-state index < -0.39 is 0 Å². The van der Waals surface area contributed by atoms with Crippen molar-refractivity contribution in [2.45, 2.75) is 53.9 Å². The SMILES string of the molecule is Cc1cc(OCC(=O)Nc2sc3c(c2C#N)CCC(C(C)(C)C)C3)cc(C)c1Cl. The molecule has 3 rings (SSSR count). The van der Waals surface area contributed by atoms with E-state index in [1.807, 2.05) is 26.0 Å². The van der Waals surface area contributed by atoms with Crippen molar-refractivity contribution in [1.82, 2.24) is 0 Å². The number of nitriles is 1. The lowest BCUT2D eigenvalue weighted by Crippen LogP contribution is -2.26. The molecule has 0 saturated heterocycles. The largest absolute Gasteiger partial charge is 0.484 e. The Bertz CT molecular complexity index is 959. The zero-order valence-electron chi connectivity index (χ0n) is 17.6. The molecular formula is C23H27ClN2O2S. The Balaban J connectivity index is 1.70. The number of halogens is 1. The first-order valence-electron chi connectivity index (χ1n) is 9.84. The van der Waals surface area contributed by atoms with E-state index in [1.54, 1.807) is 0 Å². The fourth-order valence-electron chi connectivity index (χ4n) is 3.83. The third kappa shape index (κ3) is 4.76. The van der Waals surface area contributed by atoms with E-state index in [1.165, 1.54) is 16.2 Å². The van der Waals surface area contributed by atoms with Gasteiger partial charge in [0.15, 0.2) is 6.61 Å². The monoisotopic (exact) mass is 430 g/mol. The summed E-state index contributed by atoms with van der Waals surface area (Å²) in [6.45, 7) is 10.5. The van der Waals surface area contributed by atoms with E-state index >= 15 is 0 Å². The zero-order valence-corrected chi connectivity index (χ0v) is 19.2. The second-order valence-electron chi connectivity index (χ2n) is 8.83. The number of carbonyl (C=O) groups excluding carboxylic acids is 1. The number of anilines is 1. The standard InChI is InChI=1S/C23H27ClN2O2S/c1-13-8-16(9-14(2)21(13)24)28-12-20(27)26-22-18(11-25)17-7-6-15(23(3,4)5)10-19(17)29-22/h8-9,15H,6-7,10,12H2,1-5H3,(H,26,27). The van der Waals surface area contributed by atoms with Gasteiger partial charge in [0, 0.05) is 9.90 Å². The Labute approximate surface area is 181 Å². The van der Waals surface area contributed by atoms with Crippen LogP contribution in [0.1, 0.15) is 54.3 Å². The van der Waals surface area contributed by atoms with Gasteiger partial charge in [0.2, 0.25) is 0 Å². The molecule has 4 nitrogen and oxygen atoms in total. The highest BCUT2D eigenvalue weighted by Gasteiger charge is 2.32. The van der Waals surface area contributed by atoms with Crippen LogP contribution in [0.2, 0.25) is 5.02 Å². The summed E-state index contributed by atoms with van der Waals surface area (Å²) in [5.41, 5.74) is 3.78. The number of nitrogens with one attached hydrogen (secondary N) is 1. The highest BCUT2D eigenvalue weighted by molar-refractivity contribution is 7.16. The average molecular weight is 431 g/mol. The Morgan fingerprint density at radius 3 is 2.59 bits per heavy atom. The number of thiophene rings is 1. The van der Waals surface area contributed by atoms with Crippen molar-refractivity contribution in [3.63, 3.8) is 0 Å². The highest BCUT2D eigenvalue weighted by Crippen LogP contribution is 2.44. The third-order valence-corrected chi connectivity index (χ3v) is 7.40. The second-order valence-corrected chi connectivity index (χ2v) is 10.3. The molecule has 0 saturated carbocycles. The smallest absolute Gasteiger partial charge is 0.262 e. The van der Waals surface area contributed by atoms with Gasteiger partial charge >= 0.3 is 0 Å². The van der Waals surface area contributed by atoms with Crippen molar-refractivity contribution in [2.75, 3.05) is 11.9 Å². The van der Waals surface area contributed by atoms with Crippen LogP contribution < -0.4 is 10.1 Å². The van der Waals surface area contributed by atoms with Crippen molar-refractivity contribution in [1.29, 1.82) is 5.26 Å². The third-order valence-electron chi connectivity index (χ3n) is 5.63. The number of nitrogens with zero attached hydrogens (tertiary/aromatic N) is 1. The van der Waals surface area contributed by atoms with E-state index in [-0.39, 0.29) is 17.9 Å². The number of hydrogen-bond acceptors (Lipinski definition) is 4. The predicted octanol–water partition coefficient (Wildman–Crippen LogP) is 6.06. The molecule has 1 amide bonds. The van der Waals surface area contributed by atoms with Gasteiger partial charge < -0.3 is 10.1 Å². The minimum Gasteiger partial charge on any atom is -0.484 e. The predicted molar refractivity (Wildman–Crippen MR) is 119 cm³/mol. The van der Waals surface area contributed by atoms with Gasteiger partial charge in [-0.05, 0) is 73.3 Å². The van der Waals surface area contributed by atoms with Gasteiger partial charge in [0.25, 0.3) is 5.91 Å². The summed E-state index contributed by atoms with van der Waals surface area (Å²) < 4.78 is 5.65. The van der Waals surface area contributed by atoms with Crippen molar-refractivity contribution in [3.8, 4) is 11.8 Å². The average Bonchev–Trinajstić information content (AvgIpc) is 2.99. The van der Waals surface area contributed by atoms with E-state index in [0.29, 0.717) is 27.3 Å². The molecular weight excluding hydrogens is 404 g/mol. The second kappa shape index (κ2) is 8.38. The number of benzene rings is 1. The molecule has 0 fully saturated rings. The molecule has 1 aromatic carbocycles. The first kappa shape index (κ1) is 21.7. The first-order chi connectivity index (χ1) is 13.6. The molecule has 1 aliphatic rings. The molecule has 154 valence electrons. The van der Waals surface area contributed by atoms with Crippen LogP contribution >= 0.6 is 22.9 Å². The lowest BCUT2D eigenvalue weighted by molar-refractivity contribution is -0.118. The minimum absolute atomic E-state index is 0.113. The molecule has 0 aliphatic heterocycles. The topological polar surface area (TPSA) is 62.1 Å². The molecule has 0 radical (unpaired) electrons. The molecule has 29 heavy (non-hydrogen) atoms. The van der Waals surface area contributed by atoms with Crippen molar-refractivity contribution < 1.29 is 9.53 Å². The number of hydrogen-bond donors (Lipinski definition) is 1. The maximum absolute atomic E-state index is 12.5. The molecule has 1 heterocycles. The minimum atomic E-state index is -0.266. The Kier molecular flexibility index (Phi) is 6.26. The normalized spacial score (nSPS) is 16.1. The molecule has 0 bridgehead atoms. The van der Waals surface area contributed by atoms with Gasteiger partial charge in [-0.25, -0.2) is 0 Å². The molecule has 1 N–H and O–H groups in total. The van der Waals surface area contributed by atoms with E-state index in [2.05, 4.69) is 32.2 Å². The summed E-state index contributed by atoms with van der Waals surface area (Å²) in [7, 11) is 0. The van der Waals surface area contributed by atoms with E-state index in [9.17, 15) is 10.1 Å². The van der Waals surface area contributed by atoms with Gasteiger partial charge in [-0.1, -0.05) is 32.4 Å². The van der Waals surface area contributed by atoms with Crippen LogP contribution in [0.25, 0.3) is 0 Å². The molecule has 1 unspecified atom stereocenters. The van der Waals surface area contributed by atoms with Gasteiger partial charge in [-0.2, -0.15) is 5.26 Å². The van der Waals surface area contributed by atoms with E-state index in [0.717, 1.165) is 36.0 Å². The van der Waals surface area contributed by atoms with Crippen LogP contribution in [0, 0.1) is 36.5 Å². The number of fused-ring (bicyclic) bond motifs is 1. The van der Waals surface area contributed by atoms with Crippen LogP contribution in [0.15, 0.2) is 12.1 Å². The number of rotatable bonds is 4. The van der Waals surface area contributed by atoms with Crippen LogP contribution in [-0.4, -0.2) is 12.5 Å². The summed E-state index contributed by atoms with van der Waals surface area (Å²) in [4.78, 5) is 13.7. The number of aryl methyl sites for hydroxylation is 2. The summed E-state index contributed by atoms with van der Waals surface area (Å²) in [6.07, 6.45) is 2.94. The summed E-state index contributed by atoms with van der Waals surface area (Å²) in [5, 5.41) is 13.9. The van der Waals surface area contributed by atoms with Gasteiger partial charge in [0.05, 0.1) is 5.56 Å². The van der Waals surface area contributed by atoms with Crippen LogP contribution in [0.5, 0.6) is 5.75 Å². The summed E-state index contributed by atoms with van der Waals surface area (Å²) in [5.74, 6) is 0.930. The maximum atomic E-state index is 12.5. The molecule has 2 aromatic rings. The van der Waals surface area contributed by atoms with Crippen molar-refractivity contribution in [3.05, 3.63) is 44.3 Å². The molecule has 6 heteroatoms. The quantitative estimate of drug-likeness (QED) is 0.641. The molecule has 1 aromatic heterocycles. The zero-order chi connectivity index (χ0) is 21.3. The maximum Gasteiger partial charge on any atom is 0.262 e. The van der Waals surface area contributed by atoms with E-state index in [4.69, 9.17) is 16.3 Å². The van der Waals surface area contributed by atoms with Crippen molar-refractivity contribution >= 4 is 33.8 Å². The number of amides is 1. The Morgan fingerprint density at radius 2 is 2.00 bits per heavy atom. The van der Waals surface area contributed by atoms with Crippen LogP contribution in [0.3, 0.4) is 0 Å². The first-order valence-corrected chi connectivity index (χ1v) is 11.0. The van der Waals surface area contributed by atoms with Crippen LogP contribution in [0.4, 0.5) is 5.00 Å².